The van der Waals surface area contributed by atoms with Crippen LogP contribution in [-0.2, 0) is 10.2 Å². The number of amides is 1. The van der Waals surface area contributed by atoms with Crippen molar-refractivity contribution >= 4 is 5.91 Å². The molecule has 0 saturated carbocycles. The molecule has 26 heavy (non-hydrogen) atoms. The quantitative estimate of drug-likeness (QED) is 0.850. The van der Waals surface area contributed by atoms with Gasteiger partial charge in [0.1, 0.15) is 13.2 Å². The lowest BCUT2D eigenvalue weighted by Gasteiger charge is -2.30. The molecule has 2 N–H and O–H groups in total. The minimum absolute atomic E-state index is 0.154. The molecule has 2 unspecified atom stereocenters. The maximum absolute atomic E-state index is 12.5. The normalized spacial score (nSPS) is 27.2. The van der Waals surface area contributed by atoms with E-state index in [1.807, 2.05) is 12.1 Å². The molecule has 2 fully saturated rings. The van der Waals surface area contributed by atoms with Gasteiger partial charge in [-0.1, -0.05) is 19.9 Å². The maximum Gasteiger partial charge on any atom is 0.220 e. The van der Waals surface area contributed by atoms with E-state index < -0.39 is 0 Å². The standard InChI is InChI=1S/C21H30N2O3/c1-21(2,15-3-6-18-19(12-15)26-8-7-25-18)13-22-20(24)11-14-9-16-4-5-17(10-14)23-16/h3,6,12,14,16-17,23H,4-5,7-11,13H2,1-2H3,(H,22,24). The van der Waals surface area contributed by atoms with Crippen LogP contribution in [0.1, 0.15) is 51.5 Å². The summed E-state index contributed by atoms with van der Waals surface area (Å²) in [7, 11) is 0. The number of carbonyl (C=O) groups excluding carboxylic acids is 1. The van der Waals surface area contributed by atoms with Gasteiger partial charge in [-0.2, -0.15) is 0 Å². The van der Waals surface area contributed by atoms with E-state index >= 15 is 0 Å². The molecule has 5 heteroatoms. The molecule has 2 bridgehead atoms. The molecule has 3 aliphatic rings. The van der Waals surface area contributed by atoms with Crippen molar-refractivity contribution in [3.63, 3.8) is 0 Å². The molecule has 3 heterocycles. The molecule has 4 rings (SSSR count). The van der Waals surface area contributed by atoms with Crippen LogP contribution in [0.5, 0.6) is 11.5 Å². The van der Waals surface area contributed by atoms with Gasteiger partial charge in [0.2, 0.25) is 5.91 Å². The van der Waals surface area contributed by atoms with E-state index in [0.717, 1.165) is 29.9 Å². The molecule has 142 valence electrons. The highest BCUT2D eigenvalue weighted by atomic mass is 16.6. The van der Waals surface area contributed by atoms with Crippen molar-refractivity contribution in [2.45, 2.75) is 63.5 Å². The van der Waals surface area contributed by atoms with Gasteiger partial charge in [-0.3, -0.25) is 4.79 Å². The smallest absolute Gasteiger partial charge is 0.220 e. The highest BCUT2D eigenvalue weighted by molar-refractivity contribution is 5.76. The zero-order chi connectivity index (χ0) is 18.1. The molecule has 0 spiro atoms. The lowest BCUT2D eigenvalue weighted by Crippen LogP contribution is -2.41. The molecule has 0 radical (unpaired) electrons. The maximum atomic E-state index is 12.5. The number of hydrogen-bond donors (Lipinski definition) is 2. The van der Waals surface area contributed by atoms with Crippen LogP contribution in [0.25, 0.3) is 0 Å². The van der Waals surface area contributed by atoms with Crippen LogP contribution in [0, 0.1) is 5.92 Å². The Hall–Kier alpha value is -1.75. The predicted octanol–water partition coefficient (Wildman–Crippen LogP) is 2.77. The number of hydrogen-bond acceptors (Lipinski definition) is 4. The summed E-state index contributed by atoms with van der Waals surface area (Å²) in [5, 5.41) is 6.81. The van der Waals surface area contributed by atoms with E-state index in [9.17, 15) is 4.79 Å². The van der Waals surface area contributed by atoms with E-state index in [0.29, 0.717) is 44.2 Å². The number of carbonyl (C=O) groups is 1. The average molecular weight is 358 g/mol. The van der Waals surface area contributed by atoms with Crippen LogP contribution < -0.4 is 20.1 Å². The first-order valence-corrected chi connectivity index (χ1v) is 9.92. The van der Waals surface area contributed by atoms with Crippen molar-refractivity contribution in [3.05, 3.63) is 23.8 Å². The summed E-state index contributed by atoms with van der Waals surface area (Å²) in [4.78, 5) is 12.5. The monoisotopic (exact) mass is 358 g/mol. The summed E-state index contributed by atoms with van der Waals surface area (Å²) in [5.74, 6) is 2.33. The second kappa shape index (κ2) is 7.10. The lowest BCUT2D eigenvalue weighted by molar-refractivity contribution is -0.122. The number of piperidine rings is 1. The summed E-state index contributed by atoms with van der Waals surface area (Å²) < 4.78 is 11.3. The Kier molecular flexibility index (Phi) is 4.82. The third-order valence-corrected chi connectivity index (χ3v) is 6.10. The summed E-state index contributed by atoms with van der Waals surface area (Å²) in [6, 6.07) is 7.37. The molecule has 1 aromatic carbocycles. The van der Waals surface area contributed by atoms with Gasteiger partial charge in [-0.15, -0.1) is 0 Å². The summed E-state index contributed by atoms with van der Waals surface area (Å²) >= 11 is 0. The molecule has 0 aliphatic carbocycles. The van der Waals surface area contributed by atoms with Crippen molar-refractivity contribution in [1.29, 1.82) is 0 Å². The van der Waals surface area contributed by atoms with E-state index in [4.69, 9.17) is 9.47 Å². The Balaban J connectivity index is 1.32. The summed E-state index contributed by atoms with van der Waals surface area (Å²) in [6.07, 6.45) is 5.51. The topological polar surface area (TPSA) is 59.6 Å². The van der Waals surface area contributed by atoms with Crippen molar-refractivity contribution < 1.29 is 14.3 Å². The van der Waals surface area contributed by atoms with Gasteiger partial charge in [-0.05, 0) is 49.3 Å². The van der Waals surface area contributed by atoms with Gasteiger partial charge >= 0.3 is 0 Å². The number of ether oxygens (including phenoxy) is 2. The van der Waals surface area contributed by atoms with Gasteiger partial charge in [-0.25, -0.2) is 0 Å². The second-order valence-electron chi connectivity index (χ2n) is 8.70. The van der Waals surface area contributed by atoms with Crippen molar-refractivity contribution in [2.75, 3.05) is 19.8 Å². The van der Waals surface area contributed by atoms with Crippen LogP contribution in [-0.4, -0.2) is 37.7 Å². The molecule has 2 saturated heterocycles. The van der Waals surface area contributed by atoms with Gasteiger partial charge in [0, 0.05) is 30.5 Å². The molecule has 1 aromatic rings. The predicted molar refractivity (Wildman–Crippen MR) is 101 cm³/mol. The SMILES string of the molecule is CC(C)(CNC(=O)CC1CC2CCC(C1)N2)c1ccc2c(c1)OCCO2. The zero-order valence-electron chi connectivity index (χ0n) is 15.8. The first kappa shape index (κ1) is 17.7. The number of benzene rings is 1. The number of rotatable bonds is 5. The molecule has 3 aliphatic heterocycles. The minimum atomic E-state index is -0.154. The highest BCUT2D eigenvalue weighted by Gasteiger charge is 2.34. The minimum Gasteiger partial charge on any atom is -0.486 e. The van der Waals surface area contributed by atoms with E-state index in [2.05, 4.69) is 30.5 Å². The van der Waals surface area contributed by atoms with Gasteiger partial charge < -0.3 is 20.1 Å². The largest absolute Gasteiger partial charge is 0.486 e. The van der Waals surface area contributed by atoms with Gasteiger partial charge in [0.25, 0.3) is 0 Å². The Morgan fingerprint density at radius 1 is 1.15 bits per heavy atom. The number of fused-ring (bicyclic) bond motifs is 3. The molecular formula is C21H30N2O3. The fraction of sp³-hybridized carbons (Fsp3) is 0.667. The summed E-state index contributed by atoms with van der Waals surface area (Å²) in [5.41, 5.74) is 1.00. The van der Waals surface area contributed by atoms with Gasteiger partial charge in [0.05, 0.1) is 0 Å². The Labute approximate surface area is 155 Å². The van der Waals surface area contributed by atoms with Crippen molar-refractivity contribution in [1.82, 2.24) is 10.6 Å². The number of nitrogens with one attached hydrogen (secondary N) is 2. The molecular weight excluding hydrogens is 328 g/mol. The fourth-order valence-electron chi connectivity index (χ4n) is 4.56. The first-order valence-electron chi connectivity index (χ1n) is 9.92. The van der Waals surface area contributed by atoms with E-state index in [-0.39, 0.29) is 11.3 Å². The Morgan fingerprint density at radius 2 is 1.85 bits per heavy atom. The van der Waals surface area contributed by atoms with Crippen molar-refractivity contribution in [2.24, 2.45) is 5.92 Å². The molecule has 1 amide bonds. The third-order valence-electron chi connectivity index (χ3n) is 6.10. The van der Waals surface area contributed by atoms with E-state index in [1.165, 1.54) is 12.8 Å². The first-order chi connectivity index (χ1) is 12.5. The van der Waals surface area contributed by atoms with Gasteiger partial charge in [0.15, 0.2) is 11.5 Å². The second-order valence-corrected chi connectivity index (χ2v) is 8.70. The van der Waals surface area contributed by atoms with Crippen LogP contribution in [0.2, 0.25) is 0 Å². The zero-order valence-corrected chi connectivity index (χ0v) is 15.8. The highest BCUT2D eigenvalue weighted by Crippen LogP contribution is 2.35. The van der Waals surface area contributed by atoms with Crippen LogP contribution in [0.15, 0.2) is 18.2 Å². The van der Waals surface area contributed by atoms with Crippen molar-refractivity contribution in [3.8, 4) is 11.5 Å². The molecule has 0 aromatic heterocycles. The lowest BCUT2D eigenvalue weighted by atomic mass is 9.84. The third kappa shape index (κ3) is 3.83. The molecule has 5 nitrogen and oxygen atoms in total. The Bertz CT molecular complexity index is 661. The van der Waals surface area contributed by atoms with Crippen LogP contribution in [0.4, 0.5) is 0 Å². The van der Waals surface area contributed by atoms with Crippen LogP contribution >= 0.6 is 0 Å². The average Bonchev–Trinajstić information content (AvgIpc) is 2.98. The fourth-order valence-corrected chi connectivity index (χ4v) is 4.56. The van der Waals surface area contributed by atoms with Crippen LogP contribution in [0.3, 0.4) is 0 Å². The van der Waals surface area contributed by atoms with E-state index in [1.54, 1.807) is 0 Å². The Morgan fingerprint density at radius 3 is 2.58 bits per heavy atom. The molecule has 2 atom stereocenters. The summed E-state index contributed by atoms with van der Waals surface area (Å²) in [6.45, 7) is 6.13.